The molecule has 0 aliphatic rings. The Labute approximate surface area is 55.6 Å². The fourth-order valence-corrected chi connectivity index (χ4v) is 0.311. The Morgan fingerprint density at radius 3 is 1.90 bits per heavy atom. The van der Waals surface area contributed by atoms with Crippen molar-refractivity contribution in [2.24, 2.45) is 5.92 Å². The molecule has 0 saturated heterocycles. The molecule has 1 unspecified atom stereocenters. The largest absolute Gasteiger partial charge is 0.481 e. The van der Waals surface area contributed by atoms with E-state index in [0.717, 1.165) is 6.92 Å². The second-order valence-electron chi connectivity index (χ2n) is 1.76. The number of carbonyl (C=O) groups excluding carboxylic acids is 1. The molecule has 0 aromatic rings. The summed E-state index contributed by atoms with van der Waals surface area (Å²) in [5, 5.41) is 8.05. The number of ketones is 1. The number of rotatable bonds is 3. The van der Waals surface area contributed by atoms with E-state index in [9.17, 15) is 18.4 Å². The number of hydrogen-bond acceptors (Lipinski definition) is 2. The predicted octanol–water partition coefficient (Wildman–Crippen LogP) is 0.541. The average molecular weight is 152 g/mol. The summed E-state index contributed by atoms with van der Waals surface area (Å²) in [6.45, 7) is 0.927. The van der Waals surface area contributed by atoms with Crippen molar-refractivity contribution in [2.45, 2.75) is 13.3 Å². The Bertz CT molecular complexity index is 155. The normalized spacial score (nSPS) is 13.2. The molecule has 0 spiro atoms. The molecule has 0 radical (unpaired) electrons. The molecule has 0 heterocycles. The first-order valence-electron chi connectivity index (χ1n) is 2.51. The molecule has 1 N–H and O–H groups in total. The quantitative estimate of drug-likeness (QED) is 0.600. The second-order valence-corrected chi connectivity index (χ2v) is 1.76. The fourth-order valence-electron chi connectivity index (χ4n) is 0.311. The minimum Gasteiger partial charge on any atom is -0.481 e. The van der Waals surface area contributed by atoms with Crippen molar-refractivity contribution in [3.8, 4) is 0 Å². The van der Waals surface area contributed by atoms with Crippen molar-refractivity contribution in [3.05, 3.63) is 0 Å². The first-order valence-corrected chi connectivity index (χ1v) is 2.51. The highest BCUT2D eigenvalue weighted by Crippen LogP contribution is 2.04. The zero-order valence-corrected chi connectivity index (χ0v) is 5.17. The molecule has 0 amide bonds. The Balaban J connectivity index is 4.08. The number of carbonyl (C=O) groups is 2. The molecule has 0 saturated carbocycles. The molecule has 0 aliphatic heterocycles. The van der Waals surface area contributed by atoms with Gasteiger partial charge in [0.15, 0.2) is 0 Å². The molecule has 3 nitrogen and oxygen atoms in total. The molecular weight excluding hydrogens is 146 g/mol. The van der Waals surface area contributed by atoms with Crippen LogP contribution in [0.3, 0.4) is 0 Å². The van der Waals surface area contributed by atoms with Gasteiger partial charge in [0.2, 0.25) is 5.78 Å². The summed E-state index contributed by atoms with van der Waals surface area (Å²) in [6, 6.07) is 0. The van der Waals surface area contributed by atoms with Crippen LogP contribution in [0.4, 0.5) is 8.78 Å². The number of halogens is 2. The first kappa shape index (κ1) is 9.00. The van der Waals surface area contributed by atoms with E-state index in [1.807, 2.05) is 0 Å². The van der Waals surface area contributed by atoms with E-state index in [1.165, 1.54) is 0 Å². The molecule has 5 heteroatoms. The number of Topliss-reactive ketones (excluding diaryl/α,β-unsaturated/α-hetero) is 1. The molecular formula is C5H6F2O3. The molecule has 0 bridgehead atoms. The van der Waals surface area contributed by atoms with Crippen molar-refractivity contribution in [3.63, 3.8) is 0 Å². The maximum absolute atomic E-state index is 11.4. The second kappa shape index (κ2) is 3.24. The summed E-state index contributed by atoms with van der Waals surface area (Å²) in [5.41, 5.74) is 0. The van der Waals surface area contributed by atoms with Gasteiger partial charge in [0.05, 0.1) is 0 Å². The summed E-state index contributed by atoms with van der Waals surface area (Å²) in [7, 11) is 0. The highest BCUT2D eigenvalue weighted by molar-refractivity contribution is 5.99. The van der Waals surface area contributed by atoms with Crippen LogP contribution in [0.1, 0.15) is 6.92 Å². The highest BCUT2D eigenvalue weighted by Gasteiger charge is 2.27. The third-order valence-corrected chi connectivity index (χ3v) is 1.01. The minimum atomic E-state index is -3.19. The molecule has 0 fully saturated rings. The van der Waals surface area contributed by atoms with Gasteiger partial charge in [0.25, 0.3) is 6.43 Å². The fraction of sp³-hybridized carbons (Fsp3) is 0.600. The van der Waals surface area contributed by atoms with Crippen LogP contribution in [-0.2, 0) is 9.59 Å². The lowest BCUT2D eigenvalue weighted by Gasteiger charge is -2.01. The van der Waals surface area contributed by atoms with E-state index in [4.69, 9.17) is 5.11 Å². The van der Waals surface area contributed by atoms with Gasteiger partial charge in [0, 0.05) is 0 Å². The summed E-state index contributed by atoms with van der Waals surface area (Å²) < 4.78 is 22.9. The standard InChI is InChI=1S/C5H6F2O3/c1-2(5(9)10)3(8)4(6)7/h2,4H,1H3,(H,9,10). The van der Waals surface area contributed by atoms with Crippen LogP contribution in [0.25, 0.3) is 0 Å². The van der Waals surface area contributed by atoms with Gasteiger partial charge in [0.1, 0.15) is 5.92 Å². The lowest BCUT2D eigenvalue weighted by Crippen LogP contribution is -2.25. The lowest BCUT2D eigenvalue weighted by molar-refractivity contribution is -0.149. The van der Waals surface area contributed by atoms with E-state index < -0.39 is 24.1 Å². The molecule has 1 atom stereocenters. The van der Waals surface area contributed by atoms with Gasteiger partial charge in [-0.2, -0.15) is 0 Å². The Hall–Kier alpha value is -1.00. The predicted molar refractivity (Wildman–Crippen MR) is 27.8 cm³/mol. The Morgan fingerprint density at radius 2 is 1.80 bits per heavy atom. The Morgan fingerprint density at radius 1 is 1.40 bits per heavy atom. The number of aliphatic carboxylic acids is 1. The van der Waals surface area contributed by atoms with Gasteiger partial charge in [-0.1, -0.05) is 0 Å². The molecule has 10 heavy (non-hydrogen) atoms. The maximum Gasteiger partial charge on any atom is 0.313 e. The third-order valence-electron chi connectivity index (χ3n) is 1.01. The maximum atomic E-state index is 11.4. The van der Waals surface area contributed by atoms with Crippen LogP contribution in [0.2, 0.25) is 0 Å². The van der Waals surface area contributed by atoms with Gasteiger partial charge in [-0.05, 0) is 6.92 Å². The first-order chi connectivity index (χ1) is 4.46. The van der Waals surface area contributed by atoms with E-state index in [-0.39, 0.29) is 0 Å². The van der Waals surface area contributed by atoms with E-state index in [1.54, 1.807) is 0 Å². The molecule has 0 rings (SSSR count). The summed E-state index contributed by atoms with van der Waals surface area (Å²) in [6.07, 6.45) is -3.19. The van der Waals surface area contributed by atoms with E-state index in [2.05, 4.69) is 0 Å². The molecule has 0 aliphatic carbocycles. The van der Waals surface area contributed by atoms with Crippen LogP contribution < -0.4 is 0 Å². The SMILES string of the molecule is CC(C(=O)O)C(=O)C(F)F. The van der Waals surface area contributed by atoms with Crippen LogP contribution in [0.15, 0.2) is 0 Å². The topological polar surface area (TPSA) is 54.4 Å². The number of alkyl halides is 2. The number of carboxylic acids is 1. The van der Waals surface area contributed by atoms with Crippen molar-refractivity contribution in [1.82, 2.24) is 0 Å². The Kier molecular flexibility index (Phi) is 2.92. The lowest BCUT2D eigenvalue weighted by atomic mass is 10.1. The van der Waals surface area contributed by atoms with Crippen LogP contribution in [0.5, 0.6) is 0 Å². The van der Waals surface area contributed by atoms with Crippen LogP contribution >= 0.6 is 0 Å². The van der Waals surface area contributed by atoms with Crippen molar-refractivity contribution in [2.75, 3.05) is 0 Å². The molecule has 0 aromatic heterocycles. The molecule has 0 aromatic carbocycles. The highest BCUT2D eigenvalue weighted by atomic mass is 19.3. The summed E-state index contributed by atoms with van der Waals surface area (Å²) >= 11 is 0. The summed E-state index contributed by atoms with van der Waals surface area (Å²) in [4.78, 5) is 20.0. The summed E-state index contributed by atoms with van der Waals surface area (Å²) in [5.74, 6) is -4.68. The van der Waals surface area contributed by atoms with Gasteiger partial charge in [-0.3, -0.25) is 9.59 Å². The third kappa shape index (κ3) is 2.08. The van der Waals surface area contributed by atoms with Crippen LogP contribution in [-0.4, -0.2) is 23.3 Å². The zero-order valence-electron chi connectivity index (χ0n) is 5.17. The van der Waals surface area contributed by atoms with Gasteiger partial charge < -0.3 is 5.11 Å². The number of carboxylic acid groups (broad SMARTS) is 1. The van der Waals surface area contributed by atoms with Crippen molar-refractivity contribution >= 4 is 11.8 Å². The van der Waals surface area contributed by atoms with Crippen molar-refractivity contribution < 1.29 is 23.5 Å². The van der Waals surface area contributed by atoms with Crippen LogP contribution in [0, 0.1) is 5.92 Å². The smallest absolute Gasteiger partial charge is 0.313 e. The van der Waals surface area contributed by atoms with E-state index >= 15 is 0 Å². The zero-order chi connectivity index (χ0) is 8.31. The van der Waals surface area contributed by atoms with Crippen molar-refractivity contribution in [1.29, 1.82) is 0 Å². The van der Waals surface area contributed by atoms with Gasteiger partial charge in [-0.25, -0.2) is 8.78 Å². The monoisotopic (exact) mass is 152 g/mol. The van der Waals surface area contributed by atoms with Gasteiger partial charge >= 0.3 is 5.97 Å². The molecule has 58 valence electrons. The van der Waals surface area contributed by atoms with E-state index in [0.29, 0.717) is 0 Å². The minimum absolute atomic E-state index is 0.927. The number of hydrogen-bond donors (Lipinski definition) is 1. The average Bonchev–Trinajstić information content (AvgIpc) is 1.84. The van der Waals surface area contributed by atoms with Gasteiger partial charge in [-0.15, -0.1) is 0 Å².